The summed E-state index contributed by atoms with van der Waals surface area (Å²) in [6.07, 6.45) is 0.510. The molecule has 2 N–H and O–H groups in total. The molecule has 0 heterocycles. The summed E-state index contributed by atoms with van der Waals surface area (Å²) in [6, 6.07) is 7.79. The van der Waals surface area contributed by atoms with Crippen molar-refractivity contribution in [3.8, 4) is 11.5 Å². The molecule has 0 unspecified atom stereocenters. The van der Waals surface area contributed by atoms with Crippen molar-refractivity contribution >= 4 is 17.5 Å². The fourth-order valence-electron chi connectivity index (χ4n) is 2.46. The average molecular weight is 392 g/mol. The van der Waals surface area contributed by atoms with E-state index in [0.29, 0.717) is 36.3 Å². The summed E-state index contributed by atoms with van der Waals surface area (Å²) < 4.78 is 37.0. The number of nitrogens with one attached hydrogen (secondary N) is 2. The zero-order valence-corrected chi connectivity index (χ0v) is 15.7. The molecule has 0 saturated heterocycles. The number of benzene rings is 2. The van der Waals surface area contributed by atoms with Gasteiger partial charge in [-0.1, -0.05) is 0 Å². The molecule has 0 atom stereocenters. The first-order chi connectivity index (χ1) is 13.4. The number of carbonyl (C=O) groups excluding carboxylic acids is 2. The first-order valence-electron chi connectivity index (χ1n) is 8.78. The van der Waals surface area contributed by atoms with Crippen LogP contribution in [0.4, 0.5) is 14.5 Å². The summed E-state index contributed by atoms with van der Waals surface area (Å²) in [4.78, 5) is 23.9. The van der Waals surface area contributed by atoms with E-state index < -0.39 is 17.5 Å². The Labute approximate surface area is 161 Å². The van der Waals surface area contributed by atoms with E-state index >= 15 is 0 Å². The molecule has 2 rings (SSSR count). The molecule has 2 amide bonds. The molecular formula is C20H22F2N2O4. The topological polar surface area (TPSA) is 76.7 Å². The molecule has 2 aromatic rings. The molecule has 6 nitrogen and oxygen atoms in total. The molecule has 150 valence electrons. The van der Waals surface area contributed by atoms with Gasteiger partial charge in [0.1, 0.15) is 11.6 Å². The van der Waals surface area contributed by atoms with Gasteiger partial charge in [0.15, 0.2) is 11.5 Å². The second-order valence-corrected chi connectivity index (χ2v) is 5.83. The van der Waals surface area contributed by atoms with Crippen LogP contribution in [0.5, 0.6) is 11.5 Å². The first kappa shape index (κ1) is 21.1. The number of anilines is 1. The third kappa shape index (κ3) is 5.94. The van der Waals surface area contributed by atoms with E-state index in [4.69, 9.17) is 9.47 Å². The van der Waals surface area contributed by atoms with Gasteiger partial charge in [0.05, 0.1) is 19.3 Å². The molecule has 0 aliphatic carbocycles. The highest BCUT2D eigenvalue weighted by Crippen LogP contribution is 2.30. The van der Waals surface area contributed by atoms with Gasteiger partial charge in [-0.3, -0.25) is 9.59 Å². The lowest BCUT2D eigenvalue weighted by Crippen LogP contribution is -2.26. The minimum Gasteiger partial charge on any atom is -0.493 e. The molecule has 0 bridgehead atoms. The lowest BCUT2D eigenvalue weighted by molar-refractivity contribution is -0.116. The number of amides is 2. The normalized spacial score (nSPS) is 10.3. The van der Waals surface area contributed by atoms with Crippen molar-refractivity contribution in [2.75, 3.05) is 25.6 Å². The van der Waals surface area contributed by atoms with Gasteiger partial charge in [-0.2, -0.15) is 0 Å². The summed E-state index contributed by atoms with van der Waals surface area (Å²) in [5.41, 5.74) is 0.315. The SMILES string of the molecule is CCOc1ccc(NC(=O)CCCNC(=O)c2ccc(F)cc2F)cc1OC. The van der Waals surface area contributed by atoms with Crippen LogP contribution in [0.3, 0.4) is 0 Å². The van der Waals surface area contributed by atoms with Gasteiger partial charge in [0.25, 0.3) is 5.91 Å². The Balaban J connectivity index is 1.79. The van der Waals surface area contributed by atoms with Crippen LogP contribution < -0.4 is 20.1 Å². The fraction of sp³-hybridized carbons (Fsp3) is 0.300. The van der Waals surface area contributed by atoms with E-state index in [1.54, 1.807) is 18.2 Å². The lowest BCUT2D eigenvalue weighted by atomic mass is 10.2. The van der Waals surface area contributed by atoms with Crippen molar-refractivity contribution in [1.29, 1.82) is 0 Å². The van der Waals surface area contributed by atoms with Gasteiger partial charge in [-0.25, -0.2) is 8.78 Å². The van der Waals surface area contributed by atoms with Crippen LogP contribution in [-0.2, 0) is 4.79 Å². The minimum absolute atomic E-state index is 0.154. The predicted octanol–water partition coefficient (Wildman–Crippen LogP) is 3.52. The Morgan fingerprint density at radius 1 is 1.07 bits per heavy atom. The Hall–Kier alpha value is -3.16. The summed E-state index contributed by atoms with van der Waals surface area (Å²) in [7, 11) is 1.51. The molecule has 0 aliphatic heterocycles. The van der Waals surface area contributed by atoms with E-state index in [2.05, 4.69) is 10.6 Å². The highest BCUT2D eigenvalue weighted by atomic mass is 19.1. The largest absolute Gasteiger partial charge is 0.493 e. The highest BCUT2D eigenvalue weighted by molar-refractivity contribution is 5.94. The number of carbonyl (C=O) groups is 2. The van der Waals surface area contributed by atoms with Crippen LogP contribution in [0.25, 0.3) is 0 Å². The molecule has 0 spiro atoms. The van der Waals surface area contributed by atoms with E-state index in [-0.39, 0.29) is 24.4 Å². The molecule has 0 aromatic heterocycles. The van der Waals surface area contributed by atoms with Crippen LogP contribution in [0.15, 0.2) is 36.4 Å². The van der Waals surface area contributed by atoms with Crippen molar-refractivity contribution in [3.05, 3.63) is 53.6 Å². The van der Waals surface area contributed by atoms with Crippen molar-refractivity contribution < 1.29 is 27.8 Å². The predicted molar refractivity (Wildman–Crippen MR) is 101 cm³/mol. The van der Waals surface area contributed by atoms with Crippen LogP contribution in [0, 0.1) is 11.6 Å². The van der Waals surface area contributed by atoms with Gasteiger partial charge in [0, 0.05) is 30.8 Å². The van der Waals surface area contributed by atoms with Gasteiger partial charge >= 0.3 is 0 Å². The van der Waals surface area contributed by atoms with E-state index in [0.717, 1.165) is 12.1 Å². The van der Waals surface area contributed by atoms with Crippen molar-refractivity contribution in [3.63, 3.8) is 0 Å². The average Bonchev–Trinajstić information content (AvgIpc) is 2.66. The smallest absolute Gasteiger partial charge is 0.254 e. The van der Waals surface area contributed by atoms with Crippen molar-refractivity contribution in [2.45, 2.75) is 19.8 Å². The van der Waals surface area contributed by atoms with Crippen LogP contribution in [0.1, 0.15) is 30.1 Å². The Morgan fingerprint density at radius 2 is 1.86 bits per heavy atom. The number of methoxy groups -OCH3 is 1. The number of rotatable bonds is 9. The fourth-order valence-corrected chi connectivity index (χ4v) is 2.46. The molecule has 8 heteroatoms. The monoisotopic (exact) mass is 392 g/mol. The zero-order chi connectivity index (χ0) is 20.5. The quantitative estimate of drug-likeness (QED) is 0.640. The lowest BCUT2D eigenvalue weighted by Gasteiger charge is -2.12. The molecule has 0 aliphatic rings. The highest BCUT2D eigenvalue weighted by Gasteiger charge is 2.12. The summed E-state index contributed by atoms with van der Waals surface area (Å²) in [5, 5.41) is 5.23. The van der Waals surface area contributed by atoms with Gasteiger partial charge < -0.3 is 20.1 Å². The Bertz CT molecular complexity index is 843. The van der Waals surface area contributed by atoms with Gasteiger partial charge in [-0.05, 0) is 37.6 Å². The number of hydrogen-bond donors (Lipinski definition) is 2. The van der Waals surface area contributed by atoms with Crippen LogP contribution >= 0.6 is 0 Å². The summed E-state index contributed by atoms with van der Waals surface area (Å²) in [6.45, 7) is 2.53. The van der Waals surface area contributed by atoms with Crippen molar-refractivity contribution in [1.82, 2.24) is 5.32 Å². The first-order valence-corrected chi connectivity index (χ1v) is 8.78. The Kier molecular flexibility index (Phi) is 7.74. The second-order valence-electron chi connectivity index (χ2n) is 5.83. The maximum atomic E-state index is 13.5. The molecular weight excluding hydrogens is 370 g/mol. The van der Waals surface area contributed by atoms with Gasteiger partial charge in [0.2, 0.25) is 5.91 Å². The number of ether oxygens (including phenoxy) is 2. The number of halogens is 2. The van der Waals surface area contributed by atoms with Crippen molar-refractivity contribution in [2.24, 2.45) is 0 Å². The maximum Gasteiger partial charge on any atom is 0.254 e. The second kappa shape index (κ2) is 10.2. The summed E-state index contributed by atoms with van der Waals surface area (Å²) >= 11 is 0. The van der Waals surface area contributed by atoms with E-state index in [1.807, 2.05) is 6.92 Å². The molecule has 0 radical (unpaired) electrons. The van der Waals surface area contributed by atoms with E-state index in [9.17, 15) is 18.4 Å². The molecule has 28 heavy (non-hydrogen) atoms. The standard InChI is InChI=1S/C20H22F2N2O4/c1-3-28-17-9-7-14(12-18(17)27-2)24-19(25)5-4-10-23-20(26)15-8-6-13(21)11-16(15)22/h6-9,11-12H,3-5,10H2,1-2H3,(H,23,26)(H,24,25). The van der Waals surface area contributed by atoms with Gasteiger partial charge in [-0.15, -0.1) is 0 Å². The molecule has 0 saturated carbocycles. The van der Waals surface area contributed by atoms with E-state index in [1.165, 1.54) is 7.11 Å². The summed E-state index contributed by atoms with van der Waals surface area (Å²) in [5.74, 6) is -1.49. The Morgan fingerprint density at radius 3 is 2.54 bits per heavy atom. The molecule has 0 fully saturated rings. The minimum atomic E-state index is -0.931. The van der Waals surface area contributed by atoms with Crippen LogP contribution in [0.2, 0.25) is 0 Å². The zero-order valence-electron chi connectivity index (χ0n) is 15.7. The molecule has 2 aromatic carbocycles. The maximum absolute atomic E-state index is 13.5. The third-order valence-electron chi connectivity index (χ3n) is 3.79. The number of hydrogen-bond acceptors (Lipinski definition) is 4. The third-order valence-corrected chi connectivity index (χ3v) is 3.79. The van der Waals surface area contributed by atoms with Crippen LogP contribution in [-0.4, -0.2) is 32.1 Å².